The number of hydrogen-bond acceptors (Lipinski definition) is 7. The molecule has 0 saturated carbocycles. The molecule has 30 heavy (non-hydrogen) atoms. The number of nitrogens with zero attached hydrogens (tertiary/aromatic N) is 5. The zero-order valence-electron chi connectivity index (χ0n) is 17.1. The van der Waals surface area contributed by atoms with Gasteiger partial charge < -0.3 is 19.9 Å². The van der Waals surface area contributed by atoms with Crippen molar-refractivity contribution in [3.8, 4) is 5.75 Å². The number of para-hydroxylation sites is 1. The predicted octanol–water partition coefficient (Wildman–Crippen LogP) is 2.89. The molecule has 0 unspecified atom stereocenters. The van der Waals surface area contributed by atoms with E-state index < -0.39 is 0 Å². The quantitative estimate of drug-likeness (QED) is 0.700. The van der Waals surface area contributed by atoms with Crippen LogP contribution in [0.4, 0.5) is 17.5 Å². The predicted molar refractivity (Wildman–Crippen MR) is 115 cm³/mol. The molecule has 1 aromatic carbocycles. The maximum absolute atomic E-state index is 12.9. The van der Waals surface area contributed by atoms with Crippen LogP contribution in [-0.4, -0.2) is 59.0 Å². The van der Waals surface area contributed by atoms with E-state index in [-0.39, 0.29) is 5.91 Å². The lowest BCUT2D eigenvalue weighted by molar-refractivity contribution is 0.0743. The molecule has 0 atom stereocenters. The number of amides is 1. The van der Waals surface area contributed by atoms with Gasteiger partial charge in [-0.3, -0.25) is 4.79 Å². The average Bonchev–Trinajstić information content (AvgIpc) is 2.79. The van der Waals surface area contributed by atoms with Crippen LogP contribution in [0.15, 0.2) is 55.0 Å². The van der Waals surface area contributed by atoms with Gasteiger partial charge in [-0.2, -0.15) is 0 Å². The smallest absolute Gasteiger partial charge is 0.257 e. The number of hydrogen-bond donors (Lipinski definition) is 1. The van der Waals surface area contributed by atoms with Gasteiger partial charge in [0.15, 0.2) is 0 Å². The molecule has 0 spiro atoms. The number of aryl methyl sites for hydroxylation is 1. The van der Waals surface area contributed by atoms with Crippen molar-refractivity contribution in [3.63, 3.8) is 0 Å². The highest BCUT2D eigenvalue weighted by atomic mass is 16.5. The Kier molecular flexibility index (Phi) is 5.74. The van der Waals surface area contributed by atoms with Crippen molar-refractivity contribution in [2.24, 2.45) is 0 Å². The summed E-state index contributed by atoms with van der Waals surface area (Å²) in [5, 5.41) is 3.22. The number of methoxy groups -OCH3 is 1. The first-order valence-corrected chi connectivity index (χ1v) is 9.83. The number of carbonyl (C=O) groups excluding carboxylic acids is 1. The molecule has 1 saturated heterocycles. The zero-order chi connectivity index (χ0) is 20.9. The van der Waals surface area contributed by atoms with Gasteiger partial charge in [0, 0.05) is 38.4 Å². The van der Waals surface area contributed by atoms with E-state index in [1.165, 1.54) is 0 Å². The second-order valence-corrected chi connectivity index (χ2v) is 7.08. The highest BCUT2D eigenvalue weighted by Gasteiger charge is 2.24. The van der Waals surface area contributed by atoms with Crippen molar-refractivity contribution >= 4 is 23.4 Å². The third-order valence-electron chi connectivity index (χ3n) is 5.05. The van der Waals surface area contributed by atoms with Crippen molar-refractivity contribution in [1.82, 2.24) is 19.9 Å². The van der Waals surface area contributed by atoms with Crippen molar-refractivity contribution in [1.29, 1.82) is 0 Å². The number of aromatic nitrogens is 3. The number of pyridine rings is 1. The van der Waals surface area contributed by atoms with Crippen LogP contribution in [-0.2, 0) is 0 Å². The molecule has 1 fully saturated rings. The van der Waals surface area contributed by atoms with Crippen LogP contribution in [0, 0.1) is 6.92 Å². The number of piperazine rings is 1. The molecule has 3 heterocycles. The fraction of sp³-hybridized carbons (Fsp3) is 0.273. The van der Waals surface area contributed by atoms with Crippen LogP contribution in [0.25, 0.3) is 0 Å². The minimum Gasteiger partial charge on any atom is -0.496 e. The normalized spacial score (nSPS) is 13.8. The molecule has 4 rings (SSSR count). The van der Waals surface area contributed by atoms with Gasteiger partial charge in [-0.25, -0.2) is 15.0 Å². The van der Waals surface area contributed by atoms with Gasteiger partial charge in [0.25, 0.3) is 5.91 Å². The van der Waals surface area contributed by atoms with E-state index in [0.29, 0.717) is 43.3 Å². The summed E-state index contributed by atoms with van der Waals surface area (Å²) in [4.78, 5) is 29.9. The maximum Gasteiger partial charge on any atom is 0.257 e. The highest BCUT2D eigenvalue weighted by molar-refractivity contribution is 5.97. The molecule has 1 aliphatic heterocycles. The molecule has 0 radical (unpaired) electrons. The summed E-state index contributed by atoms with van der Waals surface area (Å²) in [7, 11) is 1.58. The van der Waals surface area contributed by atoms with E-state index in [1.54, 1.807) is 25.7 Å². The van der Waals surface area contributed by atoms with Crippen LogP contribution >= 0.6 is 0 Å². The van der Waals surface area contributed by atoms with Crippen LogP contribution in [0.5, 0.6) is 5.75 Å². The Balaban J connectivity index is 1.41. The summed E-state index contributed by atoms with van der Waals surface area (Å²) in [6.07, 6.45) is 3.30. The number of nitrogens with one attached hydrogen (secondary N) is 1. The third kappa shape index (κ3) is 4.32. The SMILES string of the molecule is COc1ccccc1C(=O)N1CCN(c2cc(Nc3cc(C)ccn3)ncn2)CC1. The van der Waals surface area contributed by atoms with Crippen LogP contribution in [0.1, 0.15) is 15.9 Å². The van der Waals surface area contributed by atoms with Crippen molar-refractivity contribution in [3.05, 3.63) is 66.1 Å². The van der Waals surface area contributed by atoms with E-state index in [1.807, 2.05) is 48.2 Å². The maximum atomic E-state index is 12.9. The minimum absolute atomic E-state index is 0.0114. The molecule has 2 aromatic heterocycles. The summed E-state index contributed by atoms with van der Waals surface area (Å²) < 4.78 is 5.33. The molecule has 8 nitrogen and oxygen atoms in total. The number of benzene rings is 1. The molecule has 3 aromatic rings. The largest absolute Gasteiger partial charge is 0.496 e. The summed E-state index contributed by atoms with van der Waals surface area (Å²) in [5.41, 5.74) is 1.71. The topological polar surface area (TPSA) is 83.5 Å². The Hall–Kier alpha value is -3.68. The Labute approximate surface area is 175 Å². The summed E-state index contributed by atoms with van der Waals surface area (Å²) in [5.74, 6) is 2.84. The zero-order valence-corrected chi connectivity index (χ0v) is 17.1. The van der Waals surface area contributed by atoms with Crippen LogP contribution in [0.3, 0.4) is 0 Å². The molecular formula is C22H24N6O2. The Bertz CT molecular complexity index is 1030. The minimum atomic E-state index is -0.0114. The lowest BCUT2D eigenvalue weighted by Gasteiger charge is -2.35. The van der Waals surface area contributed by atoms with Crippen molar-refractivity contribution in [2.45, 2.75) is 6.92 Å². The Morgan fingerprint density at radius 1 is 1.00 bits per heavy atom. The second-order valence-electron chi connectivity index (χ2n) is 7.08. The monoisotopic (exact) mass is 404 g/mol. The molecule has 1 aliphatic rings. The number of anilines is 3. The molecular weight excluding hydrogens is 380 g/mol. The first-order valence-electron chi connectivity index (χ1n) is 9.83. The Morgan fingerprint density at radius 2 is 1.77 bits per heavy atom. The van der Waals surface area contributed by atoms with Crippen LogP contribution < -0.4 is 15.0 Å². The van der Waals surface area contributed by atoms with Gasteiger partial charge in [0.05, 0.1) is 12.7 Å². The number of rotatable bonds is 5. The molecule has 0 bridgehead atoms. The van der Waals surface area contributed by atoms with Gasteiger partial charge >= 0.3 is 0 Å². The second kappa shape index (κ2) is 8.77. The van der Waals surface area contributed by atoms with E-state index >= 15 is 0 Å². The summed E-state index contributed by atoms with van der Waals surface area (Å²) >= 11 is 0. The molecule has 154 valence electrons. The van der Waals surface area contributed by atoms with Gasteiger partial charge in [-0.1, -0.05) is 12.1 Å². The van der Waals surface area contributed by atoms with Gasteiger partial charge in [0.1, 0.15) is 29.5 Å². The highest BCUT2D eigenvalue weighted by Crippen LogP contribution is 2.22. The fourth-order valence-corrected chi connectivity index (χ4v) is 3.45. The lowest BCUT2D eigenvalue weighted by atomic mass is 10.1. The molecule has 1 amide bonds. The van der Waals surface area contributed by atoms with E-state index in [2.05, 4.69) is 25.2 Å². The first-order chi connectivity index (χ1) is 14.6. The average molecular weight is 404 g/mol. The first kappa shape index (κ1) is 19.6. The molecule has 1 N–H and O–H groups in total. The molecule has 0 aliphatic carbocycles. The number of ether oxygens (including phenoxy) is 1. The van der Waals surface area contributed by atoms with Crippen molar-refractivity contribution < 1.29 is 9.53 Å². The number of carbonyl (C=O) groups is 1. The van der Waals surface area contributed by atoms with E-state index in [0.717, 1.165) is 17.2 Å². The summed E-state index contributed by atoms with van der Waals surface area (Å²) in [6, 6.07) is 13.1. The third-order valence-corrected chi connectivity index (χ3v) is 5.05. The molecule has 8 heteroatoms. The van der Waals surface area contributed by atoms with Crippen molar-refractivity contribution in [2.75, 3.05) is 43.5 Å². The van der Waals surface area contributed by atoms with E-state index in [9.17, 15) is 4.79 Å². The van der Waals surface area contributed by atoms with Gasteiger partial charge in [-0.05, 0) is 36.8 Å². The van der Waals surface area contributed by atoms with Gasteiger partial charge in [0.2, 0.25) is 0 Å². The summed E-state index contributed by atoms with van der Waals surface area (Å²) in [6.45, 7) is 4.64. The fourth-order valence-electron chi connectivity index (χ4n) is 3.45. The lowest BCUT2D eigenvalue weighted by Crippen LogP contribution is -2.49. The van der Waals surface area contributed by atoms with Crippen LogP contribution in [0.2, 0.25) is 0 Å². The Morgan fingerprint density at radius 3 is 2.53 bits per heavy atom. The van der Waals surface area contributed by atoms with Gasteiger partial charge in [-0.15, -0.1) is 0 Å². The van der Waals surface area contributed by atoms with E-state index in [4.69, 9.17) is 4.74 Å². The standard InChI is InChI=1S/C22H24N6O2/c1-16-7-8-23-19(13-16)26-20-14-21(25-15-24-20)27-9-11-28(12-10-27)22(29)17-5-3-4-6-18(17)30-2/h3-8,13-15H,9-12H2,1-2H3,(H,23,24,25,26).